The number of benzene rings is 2. The Balaban J connectivity index is 2.19. The Morgan fingerprint density at radius 1 is 0.900 bits per heavy atom. The predicted molar refractivity (Wildman–Crippen MR) is 71.4 cm³/mol. The first-order chi connectivity index (χ1) is 9.50. The first-order valence-corrected chi connectivity index (χ1v) is 6.45. The summed E-state index contributed by atoms with van der Waals surface area (Å²) in [6.45, 7) is 0. The average Bonchev–Trinajstić information content (AvgIpc) is 2.41. The van der Waals surface area contributed by atoms with E-state index in [-0.39, 0.29) is 5.56 Å². The van der Waals surface area contributed by atoms with Crippen molar-refractivity contribution in [3.63, 3.8) is 0 Å². The van der Waals surface area contributed by atoms with Gasteiger partial charge in [-0.25, -0.2) is 0 Å². The van der Waals surface area contributed by atoms with Crippen LogP contribution in [0.2, 0.25) is 0 Å². The van der Waals surface area contributed by atoms with Gasteiger partial charge in [-0.05, 0) is 24.3 Å². The highest BCUT2D eigenvalue weighted by molar-refractivity contribution is 7.99. The van der Waals surface area contributed by atoms with Crippen LogP contribution in [-0.2, 0) is 0 Å². The molecule has 2 nitrogen and oxygen atoms in total. The quantitative estimate of drug-likeness (QED) is 0.511. The molecule has 0 amide bonds. The molecule has 2 rings (SSSR count). The summed E-state index contributed by atoms with van der Waals surface area (Å²) >= 11 is 1.44. The number of nitrogens with zero attached hydrogens (tertiary/aromatic N) is 1. The van der Waals surface area contributed by atoms with E-state index >= 15 is 0 Å². The number of rotatable bonds is 3. The molecule has 0 aliphatic carbocycles. The molecule has 2 aromatic carbocycles. The van der Waals surface area contributed by atoms with E-state index in [1.165, 1.54) is 23.9 Å². The molecule has 104 valence electrons. The zero-order chi connectivity index (χ0) is 14.6. The minimum Gasteiger partial charge on any atom is -0.410 e. The van der Waals surface area contributed by atoms with Crippen molar-refractivity contribution in [1.29, 1.82) is 0 Å². The summed E-state index contributed by atoms with van der Waals surface area (Å²) in [6.07, 6.45) is -4.68. The fourth-order valence-electron chi connectivity index (χ4n) is 1.58. The first kappa shape index (κ1) is 14.5. The van der Waals surface area contributed by atoms with E-state index in [9.17, 15) is 13.2 Å². The molecule has 0 radical (unpaired) electrons. The van der Waals surface area contributed by atoms with Gasteiger partial charge in [0.05, 0.1) is 0 Å². The van der Waals surface area contributed by atoms with Gasteiger partial charge in [0.1, 0.15) is 0 Å². The van der Waals surface area contributed by atoms with Gasteiger partial charge in [-0.3, -0.25) is 0 Å². The van der Waals surface area contributed by atoms with Crippen molar-refractivity contribution in [2.75, 3.05) is 0 Å². The summed E-state index contributed by atoms with van der Waals surface area (Å²) in [6, 6.07) is 15.2. The average molecular weight is 297 g/mol. The van der Waals surface area contributed by atoms with Gasteiger partial charge in [-0.1, -0.05) is 47.2 Å². The third-order valence-electron chi connectivity index (χ3n) is 2.48. The molecule has 0 aromatic heterocycles. The fraction of sp³-hybridized carbons (Fsp3) is 0.0714. The van der Waals surface area contributed by atoms with Crippen LogP contribution in [0, 0.1) is 0 Å². The topological polar surface area (TPSA) is 32.6 Å². The molecule has 0 atom stereocenters. The summed E-state index contributed by atoms with van der Waals surface area (Å²) < 4.78 is 37.7. The molecule has 6 heteroatoms. The van der Waals surface area contributed by atoms with E-state index in [1.54, 1.807) is 12.1 Å². The van der Waals surface area contributed by atoms with Gasteiger partial charge >= 0.3 is 6.18 Å². The maximum absolute atomic E-state index is 12.6. The normalized spacial score (nSPS) is 12.4. The second kappa shape index (κ2) is 6.00. The fourth-order valence-corrected chi connectivity index (χ4v) is 2.42. The molecule has 0 heterocycles. The van der Waals surface area contributed by atoms with Crippen LogP contribution in [0.1, 0.15) is 5.56 Å². The molecule has 0 saturated carbocycles. The van der Waals surface area contributed by atoms with Crippen LogP contribution in [0.3, 0.4) is 0 Å². The van der Waals surface area contributed by atoms with Crippen LogP contribution < -0.4 is 0 Å². The molecule has 20 heavy (non-hydrogen) atoms. The standard InChI is InChI=1S/C14H10F3NOS/c15-14(16,17)13(18-19)10-6-8-12(9-7-10)20-11-4-2-1-3-5-11/h1-9,19H/b18-13-. The number of hydrogen-bond acceptors (Lipinski definition) is 3. The number of halogens is 3. The van der Waals surface area contributed by atoms with Gasteiger partial charge < -0.3 is 5.21 Å². The Hall–Kier alpha value is -1.95. The van der Waals surface area contributed by atoms with Crippen molar-refractivity contribution in [2.45, 2.75) is 16.0 Å². The highest BCUT2D eigenvalue weighted by Gasteiger charge is 2.37. The highest BCUT2D eigenvalue weighted by Crippen LogP contribution is 2.29. The van der Waals surface area contributed by atoms with Crippen molar-refractivity contribution in [3.05, 3.63) is 60.2 Å². The molecule has 0 spiro atoms. The number of hydrogen-bond donors (Lipinski definition) is 1. The molecule has 2 aromatic rings. The molecule has 1 N–H and O–H groups in total. The van der Waals surface area contributed by atoms with Gasteiger partial charge in [-0.2, -0.15) is 13.2 Å². The second-order valence-electron chi connectivity index (χ2n) is 3.89. The largest absolute Gasteiger partial charge is 0.437 e. The SMILES string of the molecule is O/N=C(/c1ccc(Sc2ccccc2)cc1)C(F)(F)F. The molecular weight excluding hydrogens is 287 g/mol. The van der Waals surface area contributed by atoms with E-state index in [0.717, 1.165) is 9.79 Å². The Kier molecular flexibility index (Phi) is 4.34. The summed E-state index contributed by atoms with van der Waals surface area (Å²) in [5, 5.41) is 10.8. The highest BCUT2D eigenvalue weighted by atomic mass is 32.2. The lowest BCUT2D eigenvalue weighted by molar-refractivity contribution is -0.0601. The summed E-state index contributed by atoms with van der Waals surface area (Å²) in [5.74, 6) is 0. The van der Waals surface area contributed by atoms with E-state index in [1.807, 2.05) is 30.3 Å². The van der Waals surface area contributed by atoms with Crippen molar-refractivity contribution in [3.8, 4) is 0 Å². The van der Waals surface area contributed by atoms with Crippen LogP contribution in [0.15, 0.2) is 69.5 Å². The number of oxime groups is 1. The van der Waals surface area contributed by atoms with E-state index in [4.69, 9.17) is 5.21 Å². The maximum Gasteiger partial charge on any atom is 0.437 e. The van der Waals surface area contributed by atoms with Crippen LogP contribution in [0.25, 0.3) is 0 Å². The Labute approximate surface area is 117 Å². The predicted octanol–water partition coefficient (Wildman–Crippen LogP) is 4.58. The second-order valence-corrected chi connectivity index (χ2v) is 5.03. The zero-order valence-electron chi connectivity index (χ0n) is 10.1. The lowest BCUT2D eigenvalue weighted by Gasteiger charge is -2.09. The van der Waals surface area contributed by atoms with Crippen LogP contribution in [0.4, 0.5) is 13.2 Å². The summed E-state index contributed by atoms with van der Waals surface area (Å²) in [7, 11) is 0. The van der Waals surface area contributed by atoms with Crippen molar-refractivity contribution >= 4 is 17.5 Å². The lowest BCUT2D eigenvalue weighted by atomic mass is 10.1. The molecule has 0 aliphatic rings. The molecule has 0 aliphatic heterocycles. The third kappa shape index (κ3) is 3.54. The van der Waals surface area contributed by atoms with Gasteiger partial charge in [-0.15, -0.1) is 0 Å². The van der Waals surface area contributed by atoms with Gasteiger partial charge in [0.25, 0.3) is 0 Å². The van der Waals surface area contributed by atoms with Crippen molar-refractivity contribution < 1.29 is 18.4 Å². The number of alkyl halides is 3. The molecule has 0 saturated heterocycles. The van der Waals surface area contributed by atoms with Gasteiger partial charge in [0, 0.05) is 15.4 Å². The monoisotopic (exact) mass is 297 g/mol. The molecule has 0 fully saturated rings. The summed E-state index contributed by atoms with van der Waals surface area (Å²) in [5.41, 5.74) is -1.47. The molecular formula is C14H10F3NOS. The summed E-state index contributed by atoms with van der Waals surface area (Å²) in [4.78, 5) is 1.80. The van der Waals surface area contributed by atoms with Crippen LogP contribution >= 0.6 is 11.8 Å². The smallest absolute Gasteiger partial charge is 0.410 e. The minimum atomic E-state index is -4.68. The van der Waals surface area contributed by atoms with Crippen molar-refractivity contribution in [1.82, 2.24) is 0 Å². The van der Waals surface area contributed by atoms with Gasteiger partial charge in [0.15, 0.2) is 5.71 Å². The Morgan fingerprint density at radius 2 is 1.45 bits per heavy atom. The van der Waals surface area contributed by atoms with Crippen LogP contribution in [0.5, 0.6) is 0 Å². The Morgan fingerprint density at radius 3 is 1.95 bits per heavy atom. The van der Waals surface area contributed by atoms with Gasteiger partial charge in [0.2, 0.25) is 0 Å². The molecule has 0 bridgehead atoms. The third-order valence-corrected chi connectivity index (χ3v) is 3.49. The lowest BCUT2D eigenvalue weighted by Crippen LogP contribution is -2.23. The minimum absolute atomic E-state index is 0.169. The molecule has 0 unspecified atom stereocenters. The first-order valence-electron chi connectivity index (χ1n) is 5.63. The Bertz CT molecular complexity index is 594. The zero-order valence-corrected chi connectivity index (χ0v) is 10.9. The van der Waals surface area contributed by atoms with E-state index in [2.05, 4.69) is 5.16 Å². The maximum atomic E-state index is 12.6. The van der Waals surface area contributed by atoms with E-state index < -0.39 is 11.9 Å². The van der Waals surface area contributed by atoms with Crippen molar-refractivity contribution in [2.24, 2.45) is 5.16 Å². The van der Waals surface area contributed by atoms with Crippen LogP contribution in [-0.4, -0.2) is 17.1 Å². The van der Waals surface area contributed by atoms with E-state index in [0.29, 0.717) is 0 Å².